The topological polar surface area (TPSA) is 70.8 Å². The predicted octanol–water partition coefficient (Wildman–Crippen LogP) is 2.20. The zero-order chi connectivity index (χ0) is 20.9. The predicted molar refractivity (Wildman–Crippen MR) is 119 cm³/mol. The highest BCUT2D eigenvalue weighted by molar-refractivity contribution is 5.80. The van der Waals surface area contributed by atoms with E-state index >= 15 is 0 Å². The normalized spacial score (nSPS) is 21.2. The Morgan fingerprint density at radius 3 is 2.73 bits per heavy atom. The number of ether oxygens (including phenoxy) is 1. The maximum absolute atomic E-state index is 5.95. The fourth-order valence-corrected chi connectivity index (χ4v) is 4.11. The lowest BCUT2D eigenvalue weighted by Gasteiger charge is -2.34. The van der Waals surface area contributed by atoms with Crippen LogP contribution in [-0.2, 0) is 18.3 Å². The molecule has 8 heteroatoms. The molecule has 0 radical (unpaired) electrons. The second-order valence-corrected chi connectivity index (χ2v) is 8.35. The van der Waals surface area contributed by atoms with Crippen LogP contribution in [0.3, 0.4) is 0 Å². The quantitative estimate of drug-likeness (QED) is 0.614. The van der Waals surface area contributed by atoms with Crippen molar-refractivity contribution in [1.82, 2.24) is 25.0 Å². The number of aliphatic imine (C=N–C) groups is 1. The van der Waals surface area contributed by atoms with Gasteiger partial charge in [-0.2, -0.15) is 5.10 Å². The molecule has 1 unspecified atom stereocenters. The molecule has 2 fully saturated rings. The Kier molecular flexibility index (Phi) is 6.52. The highest BCUT2D eigenvalue weighted by Crippen LogP contribution is 2.22. The van der Waals surface area contributed by atoms with E-state index in [1.165, 1.54) is 12.8 Å². The van der Waals surface area contributed by atoms with E-state index in [1.54, 1.807) is 0 Å². The monoisotopic (exact) mass is 411 g/mol. The van der Waals surface area contributed by atoms with Gasteiger partial charge in [-0.25, -0.2) is 4.98 Å². The van der Waals surface area contributed by atoms with Crippen LogP contribution in [0.25, 0.3) is 0 Å². The number of anilines is 1. The van der Waals surface area contributed by atoms with Crippen LogP contribution in [0.15, 0.2) is 35.7 Å². The van der Waals surface area contributed by atoms with Crippen LogP contribution < -0.4 is 10.2 Å². The zero-order valence-corrected chi connectivity index (χ0v) is 18.3. The van der Waals surface area contributed by atoms with Crippen molar-refractivity contribution in [3.63, 3.8) is 0 Å². The highest BCUT2D eigenvalue weighted by Gasteiger charge is 2.25. The van der Waals surface area contributed by atoms with Gasteiger partial charge in [-0.05, 0) is 30.4 Å². The van der Waals surface area contributed by atoms with Crippen molar-refractivity contribution in [3.8, 4) is 0 Å². The average Bonchev–Trinajstić information content (AvgIpc) is 3.22. The van der Waals surface area contributed by atoms with Crippen molar-refractivity contribution in [3.05, 3.63) is 41.9 Å². The van der Waals surface area contributed by atoms with Crippen molar-refractivity contribution in [1.29, 1.82) is 0 Å². The van der Waals surface area contributed by atoms with Crippen molar-refractivity contribution in [2.45, 2.75) is 32.4 Å². The third kappa shape index (κ3) is 4.92. The molecule has 8 nitrogen and oxygen atoms in total. The molecule has 2 aromatic heterocycles. The number of piperidine rings is 1. The summed E-state index contributed by atoms with van der Waals surface area (Å²) >= 11 is 0. The second kappa shape index (κ2) is 9.47. The number of hydrogen-bond acceptors (Lipinski definition) is 5. The third-order valence-electron chi connectivity index (χ3n) is 6.04. The molecule has 2 aromatic rings. The molecule has 30 heavy (non-hydrogen) atoms. The third-order valence-corrected chi connectivity index (χ3v) is 6.04. The molecule has 0 aliphatic carbocycles. The van der Waals surface area contributed by atoms with Crippen molar-refractivity contribution < 1.29 is 4.74 Å². The molecule has 0 spiro atoms. The SMILES string of the molecule is CN=C(NCc1ccc(N2CCC(C)CC2)nc1)N1CCOC(c2cnn(C)c2)C1. The summed E-state index contributed by atoms with van der Waals surface area (Å²) in [6.45, 7) is 7.49. The molecular weight excluding hydrogens is 378 g/mol. The lowest BCUT2D eigenvalue weighted by molar-refractivity contribution is -0.00805. The van der Waals surface area contributed by atoms with Crippen molar-refractivity contribution >= 4 is 11.8 Å². The summed E-state index contributed by atoms with van der Waals surface area (Å²) in [6.07, 6.45) is 8.38. The summed E-state index contributed by atoms with van der Waals surface area (Å²) in [6, 6.07) is 4.31. The number of nitrogens with zero attached hydrogens (tertiary/aromatic N) is 6. The van der Waals surface area contributed by atoms with Gasteiger partial charge in [0.1, 0.15) is 11.9 Å². The summed E-state index contributed by atoms with van der Waals surface area (Å²) in [5.41, 5.74) is 2.26. The molecule has 0 saturated carbocycles. The molecule has 4 rings (SSSR count). The minimum atomic E-state index is 0.0132. The molecule has 2 aliphatic rings. The molecule has 4 heterocycles. The van der Waals surface area contributed by atoms with Gasteiger partial charge in [0.05, 0.1) is 19.3 Å². The average molecular weight is 412 g/mol. The van der Waals surface area contributed by atoms with Gasteiger partial charge in [0.15, 0.2) is 5.96 Å². The summed E-state index contributed by atoms with van der Waals surface area (Å²) < 4.78 is 7.76. The van der Waals surface area contributed by atoms with E-state index in [9.17, 15) is 0 Å². The molecular formula is C22H33N7O. The van der Waals surface area contributed by atoms with E-state index < -0.39 is 0 Å². The van der Waals surface area contributed by atoms with E-state index in [0.29, 0.717) is 13.2 Å². The Balaban J connectivity index is 1.32. The number of morpholine rings is 1. The first-order chi connectivity index (χ1) is 14.6. The van der Waals surface area contributed by atoms with Crippen LogP contribution in [0.5, 0.6) is 0 Å². The summed E-state index contributed by atoms with van der Waals surface area (Å²) in [4.78, 5) is 13.8. The van der Waals surface area contributed by atoms with Crippen LogP contribution in [-0.4, -0.2) is 65.5 Å². The first kappa shape index (κ1) is 20.7. The zero-order valence-electron chi connectivity index (χ0n) is 18.3. The van der Waals surface area contributed by atoms with Gasteiger partial charge in [0, 0.05) is 58.2 Å². The molecule has 0 amide bonds. The Bertz CT molecular complexity index is 839. The first-order valence-corrected chi connectivity index (χ1v) is 10.9. The first-order valence-electron chi connectivity index (χ1n) is 10.9. The van der Waals surface area contributed by atoms with Crippen molar-refractivity contribution in [2.24, 2.45) is 18.0 Å². The van der Waals surface area contributed by atoms with E-state index in [-0.39, 0.29) is 6.10 Å². The van der Waals surface area contributed by atoms with Crippen LogP contribution in [0.4, 0.5) is 5.82 Å². The van der Waals surface area contributed by atoms with Crippen molar-refractivity contribution in [2.75, 3.05) is 44.7 Å². The number of guanidine groups is 1. The summed E-state index contributed by atoms with van der Waals surface area (Å²) in [5, 5.41) is 7.75. The molecule has 0 aromatic carbocycles. The number of pyridine rings is 1. The van der Waals surface area contributed by atoms with E-state index in [2.05, 4.69) is 44.3 Å². The largest absolute Gasteiger partial charge is 0.370 e. The smallest absolute Gasteiger partial charge is 0.194 e. The second-order valence-electron chi connectivity index (χ2n) is 8.35. The van der Waals surface area contributed by atoms with Crippen LogP contribution in [0.2, 0.25) is 0 Å². The summed E-state index contributed by atoms with van der Waals surface area (Å²) in [7, 11) is 3.76. The van der Waals surface area contributed by atoms with Gasteiger partial charge in [0.25, 0.3) is 0 Å². The molecule has 162 valence electrons. The standard InChI is InChI=1S/C22H33N7O/c1-17-6-8-28(9-7-17)21-5-4-18(12-24-21)13-25-22(23-2)29-10-11-30-20(16-29)19-14-26-27(3)15-19/h4-5,12,14-15,17,20H,6-11,13,16H2,1-3H3,(H,23,25). The molecule has 0 bridgehead atoms. The number of aromatic nitrogens is 3. The molecule has 2 aliphatic heterocycles. The molecule has 1 atom stereocenters. The van der Waals surface area contributed by atoms with E-state index in [4.69, 9.17) is 9.72 Å². The highest BCUT2D eigenvalue weighted by atomic mass is 16.5. The Morgan fingerprint density at radius 1 is 1.23 bits per heavy atom. The van der Waals surface area contributed by atoms with Crippen LogP contribution in [0, 0.1) is 5.92 Å². The number of aryl methyl sites for hydroxylation is 1. The number of hydrogen-bond donors (Lipinski definition) is 1. The number of rotatable bonds is 4. The van der Waals surface area contributed by atoms with Gasteiger partial charge >= 0.3 is 0 Å². The van der Waals surface area contributed by atoms with Crippen LogP contribution in [0.1, 0.15) is 37.0 Å². The minimum Gasteiger partial charge on any atom is -0.370 e. The maximum Gasteiger partial charge on any atom is 0.194 e. The van der Waals surface area contributed by atoms with Gasteiger partial charge < -0.3 is 19.9 Å². The van der Waals surface area contributed by atoms with Gasteiger partial charge in [-0.1, -0.05) is 13.0 Å². The van der Waals surface area contributed by atoms with Gasteiger partial charge in [-0.15, -0.1) is 0 Å². The van der Waals surface area contributed by atoms with Crippen LogP contribution >= 0.6 is 0 Å². The Morgan fingerprint density at radius 2 is 2.07 bits per heavy atom. The molecule has 2 saturated heterocycles. The number of nitrogens with one attached hydrogen (secondary N) is 1. The van der Waals surface area contributed by atoms with Gasteiger partial charge in [0.2, 0.25) is 0 Å². The fourth-order valence-electron chi connectivity index (χ4n) is 4.11. The van der Waals surface area contributed by atoms with E-state index in [1.807, 2.05) is 37.4 Å². The lowest BCUT2D eigenvalue weighted by Crippen LogP contribution is -2.47. The maximum atomic E-state index is 5.95. The Hall–Kier alpha value is -2.61. The molecule has 1 N–H and O–H groups in total. The van der Waals surface area contributed by atoms with Gasteiger partial charge in [-0.3, -0.25) is 9.67 Å². The fraction of sp³-hybridized carbons (Fsp3) is 0.591. The Labute approximate surface area is 178 Å². The lowest BCUT2D eigenvalue weighted by atomic mass is 9.99. The van der Waals surface area contributed by atoms with E-state index in [0.717, 1.165) is 55.0 Å². The summed E-state index contributed by atoms with van der Waals surface area (Å²) in [5.74, 6) is 2.80. The minimum absolute atomic E-state index is 0.0132.